The number of benzene rings is 2. The zero-order chi connectivity index (χ0) is 25.9. The van der Waals surface area contributed by atoms with Crippen LogP contribution in [-0.2, 0) is 11.2 Å². The lowest BCUT2D eigenvalue weighted by molar-refractivity contribution is -0.119. The van der Waals surface area contributed by atoms with Crippen molar-refractivity contribution in [2.45, 2.75) is 19.3 Å². The molecule has 0 fully saturated rings. The SMILES string of the molecule is CN(C)CCCCNc1cc(Oc2ccc(NC(=O)NC(=O)Cc3ccc(F)cc3)cc2F)ccn1.Cl. The van der Waals surface area contributed by atoms with E-state index in [9.17, 15) is 18.4 Å². The maximum atomic E-state index is 14.6. The highest BCUT2D eigenvalue weighted by Crippen LogP contribution is 2.27. The Morgan fingerprint density at radius 1 is 1.00 bits per heavy atom. The number of carbonyl (C=O) groups is 2. The van der Waals surface area contributed by atoms with Gasteiger partial charge in [0, 0.05) is 30.6 Å². The molecule has 11 heteroatoms. The maximum absolute atomic E-state index is 14.6. The number of anilines is 2. The summed E-state index contributed by atoms with van der Waals surface area (Å²) >= 11 is 0. The van der Waals surface area contributed by atoms with Gasteiger partial charge >= 0.3 is 6.03 Å². The van der Waals surface area contributed by atoms with Crippen LogP contribution in [0, 0.1) is 11.6 Å². The number of carbonyl (C=O) groups excluding carboxylic acids is 2. The lowest BCUT2D eigenvalue weighted by atomic mass is 10.1. The minimum absolute atomic E-state index is 0. The first-order valence-corrected chi connectivity index (χ1v) is 11.5. The Morgan fingerprint density at radius 3 is 2.46 bits per heavy atom. The van der Waals surface area contributed by atoms with Gasteiger partial charge in [0.05, 0.1) is 6.42 Å². The fraction of sp³-hybridized carbons (Fsp3) is 0.269. The van der Waals surface area contributed by atoms with Crippen LogP contribution in [0.25, 0.3) is 0 Å². The van der Waals surface area contributed by atoms with Crippen LogP contribution in [0.2, 0.25) is 0 Å². The monoisotopic (exact) mass is 533 g/mol. The summed E-state index contributed by atoms with van der Waals surface area (Å²) in [5.74, 6) is -0.697. The summed E-state index contributed by atoms with van der Waals surface area (Å²) in [6.45, 7) is 1.77. The summed E-state index contributed by atoms with van der Waals surface area (Å²) in [4.78, 5) is 30.5. The molecular weight excluding hydrogens is 504 g/mol. The fourth-order valence-corrected chi connectivity index (χ4v) is 3.25. The van der Waals surface area contributed by atoms with Crippen molar-refractivity contribution in [1.82, 2.24) is 15.2 Å². The molecule has 0 saturated carbocycles. The molecule has 0 aliphatic rings. The Labute approximate surface area is 220 Å². The van der Waals surface area contributed by atoms with E-state index in [1.54, 1.807) is 18.3 Å². The van der Waals surface area contributed by atoms with Gasteiger partial charge in [-0.15, -0.1) is 12.4 Å². The van der Waals surface area contributed by atoms with Gasteiger partial charge in [0.15, 0.2) is 11.6 Å². The predicted molar refractivity (Wildman–Crippen MR) is 142 cm³/mol. The molecule has 0 radical (unpaired) electrons. The number of rotatable bonds is 11. The maximum Gasteiger partial charge on any atom is 0.325 e. The van der Waals surface area contributed by atoms with Crippen molar-refractivity contribution in [2.24, 2.45) is 0 Å². The van der Waals surface area contributed by atoms with Gasteiger partial charge in [0.1, 0.15) is 17.4 Å². The second-order valence-electron chi connectivity index (χ2n) is 8.37. The minimum Gasteiger partial charge on any atom is -0.454 e. The molecule has 0 bridgehead atoms. The zero-order valence-corrected chi connectivity index (χ0v) is 21.4. The van der Waals surface area contributed by atoms with Crippen LogP contribution in [0.15, 0.2) is 60.8 Å². The summed E-state index contributed by atoms with van der Waals surface area (Å²) < 4.78 is 33.2. The Hall–Kier alpha value is -3.76. The third-order valence-corrected chi connectivity index (χ3v) is 5.02. The van der Waals surface area contributed by atoms with Gasteiger partial charge < -0.3 is 20.3 Å². The lowest BCUT2D eigenvalue weighted by Crippen LogP contribution is -2.35. The van der Waals surface area contributed by atoms with Gasteiger partial charge in [-0.2, -0.15) is 0 Å². The Morgan fingerprint density at radius 2 is 1.76 bits per heavy atom. The summed E-state index contributed by atoms with van der Waals surface area (Å²) in [5, 5.41) is 7.77. The van der Waals surface area contributed by atoms with E-state index in [0.29, 0.717) is 17.1 Å². The summed E-state index contributed by atoms with van der Waals surface area (Å²) in [6, 6.07) is 11.8. The number of urea groups is 1. The van der Waals surface area contributed by atoms with Crippen molar-refractivity contribution in [3.05, 3.63) is 78.0 Å². The average Bonchev–Trinajstić information content (AvgIpc) is 2.82. The second-order valence-corrected chi connectivity index (χ2v) is 8.37. The minimum atomic E-state index is -0.814. The quantitative estimate of drug-likeness (QED) is 0.293. The van der Waals surface area contributed by atoms with Crippen molar-refractivity contribution in [3.8, 4) is 11.5 Å². The van der Waals surface area contributed by atoms with E-state index < -0.39 is 23.6 Å². The number of halogens is 3. The highest BCUT2D eigenvalue weighted by atomic mass is 35.5. The Balaban J connectivity index is 0.00000481. The second kappa shape index (κ2) is 14.7. The molecule has 0 spiro atoms. The van der Waals surface area contributed by atoms with Gasteiger partial charge in [0.25, 0.3) is 0 Å². The molecule has 198 valence electrons. The third kappa shape index (κ3) is 10.4. The van der Waals surface area contributed by atoms with Crippen LogP contribution in [0.5, 0.6) is 11.5 Å². The molecule has 0 atom stereocenters. The fourth-order valence-electron chi connectivity index (χ4n) is 3.25. The highest BCUT2D eigenvalue weighted by Gasteiger charge is 2.12. The van der Waals surface area contributed by atoms with Crippen LogP contribution < -0.4 is 20.7 Å². The van der Waals surface area contributed by atoms with Crippen molar-refractivity contribution < 1.29 is 23.1 Å². The number of nitrogens with zero attached hydrogens (tertiary/aromatic N) is 2. The van der Waals surface area contributed by atoms with Crippen molar-refractivity contribution >= 4 is 35.9 Å². The molecule has 1 aromatic heterocycles. The zero-order valence-electron chi connectivity index (χ0n) is 20.6. The van der Waals surface area contributed by atoms with Crippen LogP contribution in [0.4, 0.5) is 25.1 Å². The molecule has 0 aliphatic heterocycles. The van der Waals surface area contributed by atoms with E-state index >= 15 is 0 Å². The third-order valence-electron chi connectivity index (χ3n) is 5.02. The molecule has 3 amide bonds. The largest absolute Gasteiger partial charge is 0.454 e. The number of amides is 3. The first-order chi connectivity index (χ1) is 17.3. The molecule has 3 rings (SSSR count). The number of hydrogen-bond acceptors (Lipinski definition) is 6. The van der Waals surface area contributed by atoms with Crippen molar-refractivity contribution in [3.63, 3.8) is 0 Å². The molecule has 0 saturated heterocycles. The molecule has 1 heterocycles. The van der Waals surface area contributed by atoms with E-state index in [4.69, 9.17) is 4.74 Å². The summed E-state index contributed by atoms with van der Waals surface area (Å²) in [6.07, 6.45) is 3.51. The molecule has 8 nitrogen and oxygen atoms in total. The van der Waals surface area contributed by atoms with Gasteiger partial charge in [0.2, 0.25) is 5.91 Å². The number of ether oxygens (including phenoxy) is 1. The summed E-state index contributed by atoms with van der Waals surface area (Å²) in [7, 11) is 4.07. The Kier molecular flexibility index (Phi) is 11.7. The topological polar surface area (TPSA) is 95.6 Å². The number of hydrogen-bond donors (Lipinski definition) is 3. The van der Waals surface area contributed by atoms with E-state index in [0.717, 1.165) is 32.0 Å². The van der Waals surface area contributed by atoms with Gasteiger partial charge in [-0.05, 0) is 69.4 Å². The molecule has 2 aromatic carbocycles. The lowest BCUT2D eigenvalue weighted by Gasteiger charge is -2.12. The first-order valence-electron chi connectivity index (χ1n) is 11.5. The number of pyridine rings is 1. The molecule has 0 aliphatic carbocycles. The average molecular weight is 534 g/mol. The van der Waals surface area contributed by atoms with Crippen LogP contribution in [0.3, 0.4) is 0 Å². The Bertz CT molecular complexity index is 1180. The molecule has 37 heavy (non-hydrogen) atoms. The number of nitrogens with one attached hydrogen (secondary N) is 3. The molecular formula is C26H30ClF2N5O3. The van der Waals surface area contributed by atoms with E-state index in [2.05, 4.69) is 25.8 Å². The van der Waals surface area contributed by atoms with Crippen LogP contribution >= 0.6 is 12.4 Å². The van der Waals surface area contributed by atoms with E-state index in [1.165, 1.54) is 36.4 Å². The number of imide groups is 1. The van der Waals surface area contributed by atoms with Gasteiger partial charge in [-0.25, -0.2) is 18.6 Å². The standard InChI is InChI=1S/C26H29F2N5O3.ClH/c1-33(2)14-4-3-12-29-24-17-21(11-13-30-24)36-23-10-9-20(16-22(23)28)31-26(35)32-25(34)15-18-5-7-19(27)8-6-18;/h5-11,13,16-17H,3-4,12,14-15H2,1-2H3,(H,29,30)(H2,31,32,34,35);1H. The molecule has 3 aromatic rings. The number of aromatic nitrogens is 1. The van der Waals surface area contributed by atoms with Crippen LogP contribution in [0.1, 0.15) is 18.4 Å². The van der Waals surface area contributed by atoms with E-state index in [1.807, 2.05) is 14.1 Å². The van der Waals surface area contributed by atoms with Crippen molar-refractivity contribution in [1.29, 1.82) is 0 Å². The smallest absolute Gasteiger partial charge is 0.325 e. The van der Waals surface area contributed by atoms with Gasteiger partial charge in [-0.3, -0.25) is 10.1 Å². The van der Waals surface area contributed by atoms with Gasteiger partial charge in [-0.1, -0.05) is 12.1 Å². The highest BCUT2D eigenvalue weighted by molar-refractivity contribution is 6.01. The molecule has 3 N–H and O–H groups in total. The number of unbranched alkanes of at least 4 members (excludes halogenated alkanes) is 1. The molecule has 0 unspecified atom stereocenters. The van der Waals surface area contributed by atoms with Crippen molar-refractivity contribution in [2.75, 3.05) is 37.8 Å². The van der Waals surface area contributed by atoms with Crippen LogP contribution in [-0.4, -0.2) is 49.0 Å². The first kappa shape index (κ1) is 29.5. The van der Waals surface area contributed by atoms with E-state index in [-0.39, 0.29) is 30.3 Å². The predicted octanol–water partition coefficient (Wildman–Crippen LogP) is 5.22. The normalized spacial score (nSPS) is 10.4. The summed E-state index contributed by atoms with van der Waals surface area (Å²) in [5.41, 5.74) is 0.690.